The van der Waals surface area contributed by atoms with Gasteiger partial charge in [-0.25, -0.2) is 4.98 Å². The SMILES string of the molecule is Cc1cccn2c(C(CC(=O)NCCN3CCOCC3)c3cccc(C(F)(F)F)c3)cnc12. The van der Waals surface area contributed by atoms with Crippen LogP contribution in [0.4, 0.5) is 13.2 Å². The van der Waals surface area contributed by atoms with Crippen molar-refractivity contribution < 1.29 is 22.7 Å². The van der Waals surface area contributed by atoms with E-state index in [0.717, 1.165) is 36.4 Å². The Morgan fingerprint density at radius 3 is 2.76 bits per heavy atom. The van der Waals surface area contributed by atoms with Crippen molar-refractivity contribution in [3.05, 3.63) is 71.2 Å². The number of alkyl halides is 3. The van der Waals surface area contributed by atoms with Crippen molar-refractivity contribution in [1.29, 1.82) is 0 Å². The molecule has 1 fully saturated rings. The molecule has 1 unspecified atom stereocenters. The first-order valence-corrected chi connectivity index (χ1v) is 11.0. The second kappa shape index (κ2) is 9.93. The summed E-state index contributed by atoms with van der Waals surface area (Å²) in [6.45, 7) is 6.11. The number of carbonyl (C=O) groups excluding carboxylic acids is 1. The van der Waals surface area contributed by atoms with E-state index >= 15 is 0 Å². The summed E-state index contributed by atoms with van der Waals surface area (Å²) in [6.07, 6.45) is -0.973. The van der Waals surface area contributed by atoms with Crippen LogP contribution in [0.1, 0.15) is 34.7 Å². The van der Waals surface area contributed by atoms with Crippen molar-refractivity contribution in [2.75, 3.05) is 39.4 Å². The van der Waals surface area contributed by atoms with E-state index in [1.807, 2.05) is 29.7 Å². The standard InChI is InChI=1S/C24H27F3N4O2/c1-17-4-3-8-31-21(16-29-23(17)31)20(18-5-2-6-19(14-18)24(25,26)27)15-22(32)28-7-9-30-10-12-33-13-11-30/h2-6,8,14,16,20H,7,9-13,15H2,1H3,(H,28,32). The van der Waals surface area contributed by atoms with Crippen molar-refractivity contribution in [2.24, 2.45) is 0 Å². The molecule has 1 aliphatic heterocycles. The van der Waals surface area contributed by atoms with Gasteiger partial charge in [-0.15, -0.1) is 0 Å². The number of pyridine rings is 1. The topological polar surface area (TPSA) is 58.9 Å². The summed E-state index contributed by atoms with van der Waals surface area (Å²) in [5, 5.41) is 2.92. The zero-order valence-corrected chi connectivity index (χ0v) is 18.4. The Morgan fingerprint density at radius 1 is 1.21 bits per heavy atom. The lowest BCUT2D eigenvalue weighted by Crippen LogP contribution is -2.41. The summed E-state index contributed by atoms with van der Waals surface area (Å²) < 4.78 is 47.3. The lowest BCUT2D eigenvalue weighted by molar-refractivity contribution is -0.137. The van der Waals surface area contributed by atoms with Crippen LogP contribution in [0.25, 0.3) is 5.65 Å². The van der Waals surface area contributed by atoms with Crippen LogP contribution < -0.4 is 5.32 Å². The van der Waals surface area contributed by atoms with Crippen LogP contribution in [0.5, 0.6) is 0 Å². The number of nitrogens with one attached hydrogen (secondary N) is 1. The number of ether oxygens (including phenoxy) is 1. The summed E-state index contributed by atoms with van der Waals surface area (Å²) in [7, 11) is 0. The fourth-order valence-electron chi connectivity index (χ4n) is 4.19. The lowest BCUT2D eigenvalue weighted by atomic mass is 9.91. The van der Waals surface area contributed by atoms with E-state index in [0.29, 0.717) is 37.6 Å². The number of carbonyl (C=O) groups is 1. The molecule has 4 rings (SSSR count). The Kier molecular flexibility index (Phi) is 6.99. The monoisotopic (exact) mass is 460 g/mol. The van der Waals surface area contributed by atoms with Crippen LogP contribution in [-0.2, 0) is 15.7 Å². The molecule has 0 bridgehead atoms. The molecule has 9 heteroatoms. The molecule has 1 saturated heterocycles. The highest BCUT2D eigenvalue weighted by Crippen LogP contribution is 2.34. The molecular weight excluding hydrogens is 433 g/mol. The first-order valence-electron chi connectivity index (χ1n) is 11.0. The molecule has 0 saturated carbocycles. The molecule has 1 atom stereocenters. The number of benzene rings is 1. The zero-order valence-electron chi connectivity index (χ0n) is 18.4. The van der Waals surface area contributed by atoms with Gasteiger partial charge in [-0.05, 0) is 30.2 Å². The first-order chi connectivity index (χ1) is 15.8. The average Bonchev–Trinajstić information content (AvgIpc) is 3.23. The second-order valence-corrected chi connectivity index (χ2v) is 8.25. The maximum Gasteiger partial charge on any atom is 0.416 e. The molecule has 1 aromatic carbocycles. The van der Waals surface area contributed by atoms with Crippen molar-refractivity contribution in [2.45, 2.75) is 25.4 Å². The maximum absolute atomic E-state index is 13.4. The number of aryl methyl sites for hydroxylation is 1. The van der Waals surface area contributed by atoms with Crippen molar-refractivity contribution in [1.82, 2.24) is 19.6 Å². The number of rotatable bonds is 7. The molecule has 176 valence electrons. The van der Waals surface area contributed by atoms with E-state index in [-0.39, 0.29) is 12.3 Å². The van der Waals surface area contributed by atoms with Crippen molar-refractivity contribution in [3.8, 4) is 0 Å². The third-order valence-corrected chi connectivity index (χ3v) is 5.98. The molecule has 0 radical (unpaired) electrons. The quantitative estimate of drug-likeness (QED) is 0.585. The summed E-state index contributed by atoms with van der Waals surface area (Å²) in [6, 6.07) is 8.97. The Labute approximate surface area is 190 Å². The largest absolute Gasteiger partial charge is 0.416 e. The Bertz CT molecular complexity index is 1110. The van der Waals surface area contributed by atoms with Gasteiger partial charge in [-0.1, -0.05) is 24.3 Å². The van der Waals surface area contributed by atoms with E-state index in [4.69, 9.17) is 4.74 Å². The molecule has 3 heterocycles. The van der Waals surface area contributed by atoms with Crippen LogP contribution in [0, 0.1) is 6.92 Å². The van der Waals surface area contributed by atoms with Gasteiger partial charge in [0.1, 0.15) is 5.65 Å². The van der Waals surface area contributed by atoms with E-state index < -0.39 is 17.7 Å². The third kappa shape index (κ3) is 5.54. The van der Waals surface area contributed by atoms with Crippen LogP contribution in [0.3, 0.4) is 0 Å². The highest BCUT2D eigenvalue weighted by molar-refractivity contribution is 5.77. The molecule has 6 nitrogen and oxygen atoms in total. The van der Waals surface area contributed by atoms with E-state index in [1.165, 1.54) is 6.07 Å². The van der Waals surface area contributed by atoms with Gasteiger partial charge in [0.2, 0.25) is 5.91 Å². The summed E-state index contributed by atoms with van der Waals surface area (Å²) in [5.74, 6) is -0.791. The molecule has 1 aliphatic rings. The van der Waals surface area contributed by atoms with Crippen molar-refractivity contribution >= 4 is 11.6 Å². The van der Waals surface area contributed by atoms with Crippen LogP contribution in [-0.4, -0.2) is 59.6 Å². The van der Waals surface area contributed by atoms with Gasteiger partial charge in [0.05, 0.1) is 24.5 Å². The molecule has 3 aromatic rings. The number of aromatic nitrogens is 2. The lowest BCUT2D eigenvalue weighted by Gasteiger charge is -2.26. The Balaban J connectivity index is 1.58. The van der Waals surface area contributed by atoms with Crippen molar-refractivity contribution in [3.63, 3.8) is 0 Å². The summed E-state index contributed by atoms with van der Waals surface area (Å²) >= 11 is 0. The van der Waals surface area contributed by atoms with Gasteiger partial charge in [-0.2, -0.15) is 13.2 Å². The third-order valence-electron chi connectivity index (χ3n) is 5.98. The van der Waals surface area contributed by atoms with E-state index in [1.54, 1.807) is 12.3 Å². The molecule has 2 aromatic heterocycles. The van der Waals surface area contributed by atoms with E-state index in [9.17, 15) is 18.0 Å². The number of nitrogens with zero attached hydrogens (tertiary/aromatic N) is 3. The van der Waals surface area contributed by atoms with Gasteiger partial charge in [-0.3, -0.25) is 9.69 Å². The summed E-state index contributed by atoms with van der Waals surface area (Å²) in [5.41, 5.74) is 2.04. The van der Waals surface area contributed by atoms with Gasteiger partial charge in [0, 0.05) is 50.9 Å². The van der Waals surface area contributed by atoms with Crippen LogP contribution in [0.15, 0.2) is 48.8 Å². The number of amides is 1. The maximum atomic E-state index is 13.4. The smallest absolute Gasteiger partial charge is 0.379 e. The second-order valence-electron chi connectivity index (χ2n) is 8.25. The highest BCUT2D eigenvalue weighted by atomic mass is 19.4. The highest BCUT2D eigenvalue weighted by Gasteiger charge is 2.32. The Hall–Kier alpha value is -2.91. The average molecular weight is 461 g/mol. The zero-order chi connectivity index (χ0) is 23.4. The number of hydrogen-bond acceptors (Lipinski definition) is 4. The molecule has 33 heavy (non-hydrogen) atoms. The minimum atomic E-state index is -4.46. The number of imidazole rings is 1. The number of morpholine rings is 1. The van der Waals surface area contributed by atoms with Gasteiger partial charge < -0.3 is 14.5 Å². The predicted octanol–water partition coefficient (Wildman–Crippen LogP) is 3.63. The minimum Gasteiger partial charge on any atom is -0.379 e. The normalized spacial score (nSPS) is 16.1. The predicted molar refractivity (Wildman–Crippen MR) is 118 cm³/mol. The van der Waals surface area contributed by atoms with Gasteiger partial charge >= 0.3 is 6.18 Å². The molecule has 1 amide bonds. The summed E-state index contributed by atoms with van der Waals surface area (Å²) in [4.78, 5) is 19.5. The van der Waals surface area contributed by atoms with Crippen LogP contribution in [0.2, 0.25) is 0 Å². The molecular formula is C24H27F3N4O2. The number of hydrogen-bond donors (Lipinski definition) is 1. The molecule has 0 aliphatic carbocycles. The van der Waals surface area contributed by atoms with Gasteiger partial charge in [0.25, 0.3) is 0 Å². The van der Waals surface area contributed by atoms with E-state index in [2.05, 4.69) is 15.2 Å². The molecule has 0 spiro atoms. The fourth-order valence-corrected chi connectivity index (χ4v) is 4.19. The number of fused-ring (bicyclic) bond motifs is 1. The fraction of sp³-hybridized carbons (Fsp3) is 0.417. The first kappa shape index (κ1) is 23.3. The number of halogens is 3. The molecule has 1 N–H and O–H groups in total. The van der Waals surface area contributed by atoms with Crippen LogP contribution >= 0.6 is 0 Å². The minimum absolute atomic E-state index is 0.0200. The Morgan fingerprint density at radius 2 is 2.00 bits per heavy atom. The van der Waals surface area contributed by atoms with Gasteiger partial charge in [0.15, 0.2) is 0 Å².